The molecule has 6 nitrogen and oxygen atoms in total. The fourth-order valence-electron chi connectivity index (χ4n) is 2.16. The lowest BCUT2D eigenvalue weighted by molar-refractivity contribution is -0.384. The maximum atomic E-state index is 12.1. The highest BCUT2D eigenvalue weighted by molar-refractivity contribution is 6.55. The third-order valence-electron chi connectivity index (χ3n) is 3.26. The molecule has 1 heterocycles. The van der Waals surface area contributed by atoms with Gasteiger partial charge >= 0.3 is 0 Å². The number of hydrogen-bond donors (Lipinski definition) is 1. The van der Waals surface area contributed by atoms with E-state index in [2.05, 4.69) is 10.3 Å². The Bertz CT molecular complexity index is 926. The number of non-ortho nitro benzene ring substituents is 1. The number of nitrogens with zero attached hydrogens (tertiary/aromatic N) is 2. The highest BCUT2D eigenvalue weighted by Gasteiger charge is 2.34. The van der Waals surface area contributed by atoms with Crippen LogP contribution in [-0.2, 0) is 0 Å². The third-order valence-corrected chi connectivity index (χ3v) is 5.07. The highest BCUT2D eigenvalue weighted by Crippen LogP contribution is 2.43. The summed E-state index contributed by atoms with van der Waals surface area (Å²) in [6, 6.07) is 5.45. The molecule has 2 aromatic rings. The van der Waals surface area contributed by atoms with Gasteiger partial charge in [-0.3, -0.25) is 14.9 Å². The summed E-state index contributed by atoms with van der Waals surface area (Å²) >= 11 is 24.2. The summed E-state index contributed by atoms with van der Waals surface area (Å²) in [7, 11) is 0. The van der Waals surface area contributed by atoms with Crippen LogP contribution in [0.2, 0.25) is 20.1 Å². The topological polar surface area (TPSA) is 84.6 Å². The first-order chi connectivity index (χ1) is 11.3. The zero-order valence-corrected chi connectivity index (χ0v) is 14.5. The highest BCUT2D eigenvalue weighted by atomic mass is 35.5. The summed E-state index contributed by atoms with van der Waals surface area (Å²) < 4.78 is 0. The van der Waals surface area contributed by atoms with Gasteiger partial charge in [-0.15, -0.1) is 0 Å². The van der Waals surface area contributed by atoms with Crippen LogP contribution < -0.4 is 5.32 Å². The van der Waals surface area contributed by atoms with Crippen LogP contribution in [0.4, 0.5) is 11.4 Å². The van der Waals surface area contributed by atoms with Crippen molar-refractivity contribution in [2.24, 2.45) is 4.99 Å². The molecular formula is C14H5Cl4N3O3. The Hall–Kier alpha value is -1.86. The second kappa shape index (κ2) is 6.22. The molecule has 1 aliphatic heterocycles. The fraction of sp³-hybridized carbons (Fsp3) is 0. The number of carbonyl (C=O) groups is 1. The first-order valence-corrected chi connectivity index (χ1v) is 7.83. The second-order valence-corrected chi connectivity index (χ2v) is 6.21. The van der Waals surface area contributed by atoms with E-state index in [1.165, 1.54) is 24.3 Å². The quantitative estimate of drug-likeness (QED) is 0.329. The predicted octanol–water partition coefficient (Wildman–Crippen LogP) is 5.03. The molecule has 0 saturated carbocycles. The van der Waals surface area contributed by atoms with Crippen molar-refractivity contribution in [2.45, 2.75) is 0 Å². The molecule has 2 aromatic carbocycles. The maximum Gasteiger partial charge on any atom is 0.269 e. The lowest BCUT2D eigenvalue weighted by Crippen LogP contribution is -2.21. The Labute approximate surface area is 155 Å². The van der Waals surface area contributed by atoms with Gasteiger partial charge in [-0.05, 0) is 12.1 Å². The molecule has 0 unspecified atom stereocenters. The molecular weight excluding hydrogens is 400 g/mol. The van der Waals surface area contributed by atoms with Crippen molar-refractivity contribution in [2.75, 3.05) is 0 Å². The van der Waals surface area contributed by atoms with Crippen molar-refractivity contribution < 1.29 is 9.72 Å². The molecule has 0 aromatic heterocycles. The summed E-state index contributed by atoms with van der Waals surface area (Å²) in [5.41, 5.74) is 0.615. The fourth-order valence-corrected chi connectivity index (χ4v) is 3.19. The van der Waals surface area contributed by atoms with Crippen molar-refractivity contribution in [3.63, 3.8) is 0 Å². The Balaban J connectivity index is 2.14. The van der Waals surface area contributed by atoms with Crippen molar-refractivity contribution in [1.82, 2.24) is 5.32 Å². The Kier molecular flexibility index (Phi) is 4.40. The number of amides is 1. The van der Waals surface area contributed by atoms with Gasteiger partial charge in [0.25, 0.3) is 11.6 Å². The molecule has 0 fully saturated rings. The van der Waals surface area contributed by atoms with Gasteiger partial charge in [0.2, 0.25) is 0 Å². The molecule has 122 valence electrons. The summed E-state index contributed by atoms with van der Waals surface area (Å²) in [6.07, 6.45) is 0. The number of rotatable bonds is 2. The molecule has 0 aliphatic carbocycles. The molecule has 10 heteroatoms. The number of nitrogens with one attached hydrogen (secondary N) is 1. The number of nitro groups is 1. The maximum absolute atomic E-state index is 12.1. The number of nitro benzene ring substituents is 1. The van der Waals surface area contributed by atoms with E-state index < -0.39 is 10.8 Å². The third kappa shape index (κ3) is 2.71. The minimum absolute atomic E-state index is 0.00924. The molecule has 1 aliphatic rings. The molecule has 0 radical (unpaired) electrons. The average Bonchev–Trinajstić information content (AvgIpc) is 2.87. The number of halogens is 4. The van der Waals surface area contributed by atoms with Gasteiger partial charge in [-0.1, -0.05) is 46.4 Å². The largest absolute Gasteiger partial charge is 0.306 e. The van der Waals surface area contributed by atoms with E-state index in [-0.39, 0.29) is 42.7 Å². The summed E-state index contributed by atoms with van der Waals surface area (Å²) in [6.45, 7) is 0. The lowest BCUT2D eigenvalue weighted by atomic mass is 10.1. The number of amidine groups is 1. The SMILES string of the molecule is O=C1NC(=Nc2ccc([N+](=O)[O-])cc2)c2c(Cl)c(Cl)c(Cl)c(Cl)c21. The van der Waals surface area contributed by atoms with E-state index in [4.69, 9.17) is 46.4 Å². The zero-order chi connectivity index (χ0) is 17.6. The van der Waals surface area contributed by atoms with Crippen LogP contribution in [0, 0.1) is 10.1 Å². The molecule has 1 N–H and O–H groups in total. The molecule has 0 spiro atoms. The van der Waals surface area contributed by atoms with Crippen LogP contribution in [0.5, 0.6) is 0 Å². The van der Waals surface area contributed by atoms with Crippen LogP contribution in [0.3, 0.4) is 0 Å². The van der Waals surface area contributed by atoms with Crippen molar-refractivity contribution in [1.29, 1.82) is 0 Å². The molecule has 24 heavy (non-hydrogen) atoms. The number of aliphatic imine (C=N–C) groups is 1. The van der Waals surface area contributed by atoms with E-state index in [0.717, 1.165) is 0 Å². The van der Waals surface area contributed by atoms with Crippen LogP contribution in [0.25, 0.3) is 0 Å². The van der Waals surface area contributed by atoms with Gasteiger partial charge in [0, 0.05) is 12.1 Å². The van der Waals surface area contributed by atoms with Gasteiger partial charge in [0.1, 0.15) is 5.84 Å². The van der Waals surface area contributed by atoms with Crippen LogP contribution in [0.1, 0.15) is 15.9 Å². The van der Waals surface area contributed by atoms with Gasteiger partial charge in [0.05, 0.1) is 41.8 Å². The smallest absolute Gasteiger partial charge is 0.269 e. The molecule has 1 amide bonds. The van der Waals surface area contributed by atoms with E-state index in [0.29, 0.717) is 5.69 Å². The van der Waals surface area contributed by atoms with Crippen molar-refractivity contribution >= 4 is 69.5 Å². The Morgan fingerprint density at radius 1 is 0.917 bits per heavy atom. The summed E-state index contributed by atoms with van der Waals surface area (Å²) in [5.74, 6) is -0.384. The Morgan fingerprint density at radius 3 is 2.00 bits per heavy atom. The summed E-state index contributed by atoms with van der Waals surface area (Å²) in [5, 5.41) is 13.2. The van der Waals surface area contributed by atoms with E-state index >= 15 is 0 Å². The minimum Gasteiger partial charge on any atom is -0.306 e. The van der Waals surface area contributed by atoms with Gasteiger partial charge in [0.15, 0.2) is 0 Å². The van der Waals surface area contributed by atoms with Gasteiger partial charge in [-0.25, -0.2) is 4.99 Å². The lowest BCUT2D eigenvalue weighted by Gasteiger charge is -2.08. The van der Waals surface area contributed by atoms with E-state index in [1.54, 1.807) is 0 Å². The first kappa shape index (κ1) is 17.0. The average molecular weight is 405 g/mol. The van der Waals surface area contributed by atoms with Crippen molar-refractivity contribution in [3.8, 4) is 0 Å². The molecule has 0 saturated heterocycles. The number of fused-ring (bicyclic) bond motifs is 1. The minimum atomic E-state index is -0.526. The van der Waals surface area contributed by atoms with E-state index in [9.17, 15) is 14.9 Å². The molecule has 3 rings (SSSR count). The summed E-state index contributed by atoms with van der Waals surface area (Å²) in [4.78, 5) is 26.5. The van der Waals surface area contributed by atoms with Crippen LogP contribution in [-0.4, -0.2) is 16.7 Å². The first-order valence-electron chi connectivity index (χ1n) is 6.32. The van der Waals surface area contributed by atoms with Crippen LogP contribution in [0.15, 0.2) is 29.3 Å². The monoisotopic (exact) mass is 403 g/mol. The molecule has 0 atom stereocenters. The predicted molar refractivity (Wildman–Crippen MR) is 93.2 cm³/mol. The van der Waals surface area contributed by atoms with Crippen LogP contribution >= 0.6 is 46.4 Å². The van der Waals surface area contributed by atoms with E-state index in [1.807, 2.05) is 0 Å². The number of benzene rings is 2. The number of carbonyl (C=O) groups excluding carboxylic acids is 1. The normalized spacial score (nSPS) is 14.7. The second-order valence-electron chi connectivity index (χ2n) is 4.69. The molecule has 0 bridgehead atoms. The zero-order valence-electron chi connectivity index (χ0n) is 11.4. The van der Waals surface area contributed by atoms with Gasteiger partial charge in [-0.2, -0.15) is 0 Å². The van der Waals surface area contributed by atoms with Gasteiger partial charge < -0.3 is 5.32 Å². The van der Waals surface area contributed by atoms with Crippen molar-refractivity contribution in [3.05, 3.63) is 65.6 Å². The number of hydrogen-bond acceptors (Lipinski definition) is 4. The standard InChI is InChI=1S/C14H5Cl4N3O3/c15-9-7-8(10(16)12(18)11(9)17)14(22)20-13(7)19-5-1-3-6(4-2-5)21(23)24/h1-4H,(H,19,20,22). The Morgan fingerprint density at radius 2 is 1.46 bits per heavy atom.